The van der Waals surface area contributed by atoms with E-state index in [1.807, 2.05) is 23.1 Å². The summed E-state index contributed by atoms with van der Waals surface area (Å²) in [5, 5.41) is 0.970. The van der Waals surface area contributed by atoms with Crippen LogP contribution in [0.5, 0.6) is 5.75 Å². The molecule has 0 atom stereocenters. The van der Waals surface area contributed by atoms with Crippen LogP contribution in [-0.2, 0) is 11.2 Å². The topological polar surface area (TPSA) is 68.7 Å². The van der Waals surface area contributed by atoms with Crippen LogP contribution in [0.3, 0.4) is 0 Å². The molecule has 0 bridgehead atoms. The highest BCUT2D eigenvalue weighted by Gasteiger charge is 2.21. The number of piperidine rings is 1. The Morgan fingerprint density at radius 2 is 2.19 bits per heavy atom. The van der Waals surface area contributed by atoms with Gasteiger partial charge in [0.05, 0.1) is 19.8 Å². The number of ether oxygens (including phenoxy) is 1. The molecule has 1 aromatic carbocycles. The van der Waals surface area contributed by atoms with Crippen LogP contribution in [-0.4, -0.2) is 37.0 Å². The van der Waals surface area contributed by atoms with Crippen LogP contribution in [0.2, 0.25) is 0 Å². The Kier molecular flexibility index (Phi) is 3.84. The fourth-order valence-corrected chi connectivity index (χ4v) is 2.75. The van der Waals surface area contributed by atoms with Gasteiger partial charge in [0.15, 0.2) is 0 Å². The lowest BCUT2D eigenvalue weighted by atomic mass is 10.0. The van der Waals surface area contributed by atoms with Gasteiger partial charge in [-0.1, -0.05) is 0 Å². The number of amides is 1. The second kappa shape index (κ2) is 5.77. The minimum absolute atomic E-state index is 0.139. The summed E-state index contributed by atoms with van der Waals surface area (Å²) in [5.74, 6) is 0.889. The van der Waals surface area contributed by atoms with Gasteiger partial charge in [-0.2, -0.15) is 0 Å². The summed E-state index contributed by atoms with van der Waals surface area (Å²) in [6.45, 7) is 1.51. The van der Waals surface area contributed by atoms with Crippen LogP contribution in [0.4, 0.5) is 0 Å². The Morgan fingerprint density at radius 1 is 1.43 bits per heavy atom. The molecule has 2 heterocycles. The first-order chi connectivity index (χ1) is 10.2. The maximum atomic E-state index is 12.4. The molecule has 5 nitrogen and oxygen atoms in total. The molecule has 112 valence electrons. The van der Waals surface area contributed by atoms with Gasteiger partial charge in [0, 0.05) is 36.1 Å². The number of methoxy groups -OCH3 is 1. The van der Waals surface area contributed by atoms with Crippen molar-refractivity contribution in [3.63, 3.8) is 0 Å². The van der Waals surface area contributed by atoms with Gasteiger partial charge in [0.1, 0.15) is 11.3 Å². The van der Waals surface area contributed by atoms with E-state index >= 15 is 0 Å². The molecule has 1 aromatic heterocycles. The number of carbonyl (C=O) groups excluding carboxylic acids is 1. The highest BCUT2D eigenvalue weighted by molar-refractivity contribution is 5.88. The van der Waals surface area contributed by atoms with Gasteiger partial charge in [-0.15, -0.1) is 0 Å². The molecule has 2 N–H and O–H groups in total. The fourth-order valence-electron chi connectivity index (χ4n) is 2.75. The third-order valence-electron chi connectivity index (χ3n) is 4.10. The van der Waals surface area contributed by atoms with Crippen LogP contribution in [0.1, 0.15) is 18.4 Å². The third-order valence-corrected chi connectivity index (χ3v) is 4.10. The SMILES string of the molecule is COc1ccc2c(CC(=O)N3CCC(N)CC3)coc2c1. The van der Waals surface area contributed by atoms with Gasteiger partial charge in [0.2, 0.25) is 5.91 Å². The molecular weight excluding hydrogens is 268 g/mol. The number of nitrogens with two attached hydrogens (primary N) is 1. The van der Waals surface area contributed by atoms with E-state index in [0.29, 0.717) is 6.42 Å². The lowest BCUT2D eigenvalue weighted by molar-refractivity contribution is -0.131. The summed E-state index contributed by atoms with van der Waals surface area (Å²) in [6.07, 6.45) is 3.80. The minimum Gasteiger partial charge on any atom is -0.497 e. The van der Waals surface area contributed by atoms with Gasteiger partial charge in [-0.25, -0.2) is 0 Å². The molecule has 0 saturated carbocycles. The number of fused-ring (bicyclic) bond motifs is 1. The van der Waals surface area contributed by atoms with Gasteiger partial charge in [-0.3, -0.25) is 4.79 Å². The van der Waals surface area contributed by atoms with Crippen LogP contribution >= 0.6 is 0 Å². The monoisotopic (exact) mass is 288 g/mol. The molecule has 0 aliphatic carbocycles. The van der Waals surface area contributed by atoms with Crippen molar-refractivity contribution in [1.82, 2.24) is 4.90 Å². The second-order valence-electron chi connectivity index (χ2n) is 5.52. The van der Waals surface area contributed by atoms with E-state index in [9.17, 15) is 4.79 Å². The maximum absolute atomic E-state index is 12.4. The lowest BCUT2D eigenvalue weighted by Gasteiger charge is -2.30. The molecule has 5 heteroatoms. The summed E-state index contributed by atoms with van der Waals surface area (Å²) in [5.41, 5.74) is 7.54. The second-order valence-corrected chi connectivity index (χ2v) is 5.52. The van der Waals surface area contributed by atoms with Crippen LogP contribution in [0, 0.1) is 0 Å². The number of furan rings is 1. The van der Waals surface area contributed by atoms with Crippen molar-refractivity contribution in [2.24, 2.45) is 5.73 Å². The van der Waals surface area contributed by atoms with Crippen molar-refractivity contribution in [3.8, 4) is 5.75 Å². The first kappa shape index (κ1) is 13.9. The Labute approximate surface area is 123 Å². The van der Waals surface area contributed by atoms with Gasteiger partial charge >= 0.3 is 0 Å². The Bertz CT molecular complexity index is 642. The molecule has 21 heavy (non-hydrogen) atoms. The number of nitrogens with zero attached hydrogens (tertiary/aromatic N) is 1. The molecule has 1 amide bonds. The van der Waals surface area contributed by atoms with Crippen molar-refractivity contribution >= 4 is 16.9 Å². The molecule has 0 radical (unpaired) electrons. The lowest BCUT2D eigenvalue weighted by Crippen LogP contribution is -2.43. The number of hydrogen-bond acceptors (Lipinski definition) is 4. The van der Waals surface area contributed by atoms with Crippen LogP contribution in [0.25, 0.3) is 11.0 Å². The standard InChI is InChI=1S/C16H20N2O3/c1-20-13-2-3-14-11(10-21-15(14)9-13)8-16(19)18-6-4-12(17)5-7-18/h2-3,9-10,12H,4-8,17H2,1H3. The van der Waals surface area contributed by atoms with E-state index in [2.05, 4.69) is 0 Å². The Morgan fingerprint density at radius 3 is 2.90 bits per heavy atom. The van der Waals surface area contributed by atoms with Crippen LogP contribution in [0.15, 0.2) is 28.9 Å². The molecule has 1 saturated heterocycles. The summed E-state index contributed by atoms with van der Waals surface area (Å²) in [6, 6.07) is 5.89. The molecule has 1 aliphatic heterocycles. The largest absolute Gasteiger partial charge is 0.497 e. The number of rotatable bonds is 3. The normalized spacial score (nSPS) is 16.4. The van der Waals surface area contributed by atoms with E-state index in [1.165, 1.54) is 0 Å². The third kappa shape index (κ3) is 2.88. The highest BCUT2D eigenvalue weighted by atomic mass is 16.5. The zero-order valence-electron chi connectivity index (χ0n) is 12.2. The van der Waals surface area contributed by atoms with Crippen molar-refractivity contribution < 1.29 is 13.9 Å². The quantitative estimate of drug-likeness (QED) is 0.937. The molecule has 0 unspecified atom stereocenters. The molecule has 2 aromatic rings. The molecule has 0 spiro atoms. The van der Waals surface area contributed by atoms with Crippen molar-refractivity contribution in [2.45, 2.75) is 25.3 Å². The van der Waals surface area contributed by atoms with E-state index < -0.39 is 0 Å². The minimum atomic E-state index is 0.139. The smallest absolute Gasteiger partial charge is 0.227 e. The predicted molar refractivity (Wildman–Crippen MR) is 80.3 cm³/mol. The van der Waals surface area contributed by atoms with Crippen molar-refractivity contribution in [3.05, 3.63) is 30.0 Å². The zero-order chi connectivity index (χ0) is 14.8. The van der Waals surface area contributed by atoms with Crippen molar-refractivity contribution in [1.29, 1.82) is 0 Å². The average Bonchev–Trinajstić information content (AvgIpc) is 2.90. The number of benzene rings is 1. The summed E-state index contributed by atoms with van der Waals surface area (Å²) < 4.78 is 10.7. The van der Waals surface area contributed by atoms with E-state index in [4.69, 9.17) is 14.9 Å². The molecule has 1 aliphatic rings. The van der Waals surface area contributed by atoms with Gasteiger partial charge in [-0.05, 0) is 25.0 Å². The average molecular weight is 288 g/mol. The number of likely N-dealkylation sites (tertiary alicyclic amines) is 1. The maximum Gasteiger partial charge on any atom is 0.227 e. The number of hydrogen-bond donors (Lipinski definition) is 1. The Hall–Kier alpha value is -2.01. The highest BCUT2D eigenvalue weighted by Crippen LogP contribution is 2.26. The summed E-state index contributed by atoms with van der Waals surface area (Å²) >= 11 is 0. The van der Waals surface area contributed by atoms with E-state index in [-0.39, 0.29) is 11.9 Å². The molecular formula is C16H20N2O3. The fraction of sp³-hybridized carbons (Fsp3) is 0.438. The molecule has 3 rings (SSSR count). The number of carbonyl (C=O) groups is 1. The predicted octanol–water partition coefficient (Wildman–Crippen LogP) is 1.93. The first-order valence-corrected chi connectivity index (χ1v) is 7.25. The van der Waals surface area contributed by atoms with Crippen LogP contribution < -0.4 is 10.5 Å². The van der Waals surface area contributed by atoms with Crippen molar-refractivity contribution in [2.75, 3.05) is 20.2 Å². The summed E-state index contributed by atoms with van der Waals surface area (Å²) in [4.78, 5) is 14.3. The van der Waals surface area contributed by atoms with Gasteiger partial charge < -0.3 is 19.8 Å². The van der Waals surface area contributed by atoms with E-state index in [0.717, 1.165) is 48.2 Å². The Balaban J connectivity index is 1.74. The first-order valence-electron chi connectivity index (χ1n) is 7.25. The molecule has 1 fully saturated rings. The van der Waals surface area contributed by atoms with E-state index in [1.54, 1.807) is 13.4 Å². The van der Waals surface area contributed by atoms with Gasteiger partial charge in [0.25, 0.3) is 0 Å². The summed E-state index contributed by atoms with van der Waals surface area (Å²) in [7, 11) is 1.62. The zero-order valence-corrected chi connectivity index (χ0v) is 12.2.